The predicted octanol–water partition coefficient (Wildman–Crippen LogP) is 1.53. The maximum atomic E-state index is 11.5. The van der Waals surface area contributed by atoms with Crippen molar-refractivity contribution in [2.24, 2.45) is 0 Å². The lowest BCUT2D eigenvalue weighted by molar-refractivity contribution is 0.0952. The molecule has 0 fully saturated rings. The molecule has 0 aromatic carbocycles. The van der Waals surface area contributed by atoms with E-state index in [4.69, 9.17) is 11.6 Å². The number of carbonyl (C=O) groups is 1. The zero-order valence-electron chi connectivity index (χ0n) is 7.96. The van der Waals surface area contributed by atoms with E-state index in [1.165, 1.54) is 0 Å². The molecular formula is C10H10ClN3O. The number of aromatic nitrogens is 2. The molecule has 5 heteroatoms. The van der Waals surface area contributed by atoms with E-state index in [1.54, 1.807) is 12.3 Å². The Labute approximate surface area is 91.7 Å². The molecule has 15 heavy (non-hydrogen) atoms. The SMILES string of the molecule is O=C(NCCCl)c1cc2ncccc2[nH]1. The van der Waals surface area contributed by atoms with Crippen LogP contribution in [-0.4, -0.2) is 28.3 Å². The number of H-pyrrole nitrogens is 1. The summed E-state index contributed by atoms with van der Waals surface area (Å²) in [5.41, 5.74) is 2.15. The van der Waals surface area contributed by atoms with Crippen molar-refractivity contribution >= 4 is 28.5 Å². The molecule has 0 radical (unpaired) electrons. The number of carbonyl (C=O) groups excluding carboxylic acids is 1. The van der Waals surface area contributed by atoms with Gasteiger partial charge in [-0.2, -0.15) is 0 Å². The van der Waals surface area contributed by atoms with E-state index in [-0.39, 0.29) is 5.91 Å². The van der Waals surface area contributed by atoms with Crippen LogP contribution in [0.25, 0.3) is 11.0 Å². The first kappa shape index (κ1) is 9.98. The summed E-state index contributed by atoms with van der Waals surface area (Å²) in [7, 11) is 0. The highest BCUT2D eigenvalue weighted by atomic mass is 35.5. The van der Waals surface area contributed by atoms with Crippen LogP contribution in [0.2, 0.25) is 0 Å². The summed E-state index contributed by atoms with van der Waals surface area (Å²) in [6, 6.07) is 5.42. The summed E-state index contributed by atoms with van der Waals surface area (Å²) in [5.74, 6) is 0.248. The van der Waals surface area contributed by atoms with Crippen LogP contribution in [0.5, 0.6) is 0 Å². The number of nitrogens with zero attached hydrogens (tertiary/aromatic N) is 1. The molecule has 0 atom stereocenters. The fraction of sp³-hybridized carbons (Fsp3) is 0.200. The minimum absolute atomic E-state index is 0.159. The quantitative estimate of drug-likeness (QED) is 0.776. The van der Waals surface area contributed by atoms with E-state index in [0.29, 0.717) is 18.1 Å². The smallest absolute Gasteiger partial charge is 0.267 e. The van der Waals surface area contributed by atoms with Crippen molar-refractivity contribution in [3.8, 4) is 0 Å². The molecule has 0 aliphatic heterocycles. The minimum Gasteiger partial charge on any atom is -0.350 e. The van der Waals surface area contributed by atoms with Crippen LogP contribution in [0, 0.1) is 0 Å². The maximum Gasteiger partial charge on any atom is 0.267 e. The molecular weight excluding hydrogens is 214 g/mol. The van der Waals surface area contributed by atoms with Crippen LogP contribution < -0.4 is 5.32 Å². The first-order chi connectivity index (χ1) is 7.31. The molecule has 2 aromatic rings. The molecule has 4 nitrogen and oxygen atoms in total. The monoisotopic (exact) mass is 223 g/mol. The first-order valence-corrected chi connectivity index (χ1v) is 5.12. The number of fused-ring (bicyclic) bond motifs is 1. The first-order valence-electron chi connectivity index (χ1n) is 4.59. The number of hydrogen-bond donors (Lipinski definition) is 2. The number of alkyl halides is 1. The van der Waals surface area contributed by atoms with Crippen molar-refractivity contribution < 1.29 is 4.79 Å². The number of pyridine rings is 1. The molecule has 2 N–H and O–H groups in total. The van der Waals surface area contributed by atoms with Crippen molar-refractivity contribution in [2.45, 2.75) is 0 Å². The Kier molecular flexibility index (Phi) is 2.87. The molecule has 0 spiro atoms. The number of hydrogen-bond acceptors (Lipinski definition) is 2. The third-order valence-electron chi connectivity index (χ3n) is 2.01. The van der Waals surface area contributed by atoms with Crippen molar-refractivity contribution in [3.63, 3.8) is 0 Å². The van der Waals surface area contributed by atoms with Crippen molar-refractivity contribution in [2.75, 3.05) is 12.4 Å². The van der Waals surface area contributed by atoms with Gasteiger partial charge >= 0.3 is 0 Å². The van der Waals surface area contributed by atoms with Crippen LogP contribution in [0.3, 0.4) is 0 Å². The molecule has 1 amide bonds. The standard InChI is InChI=1S/C10H10ClN3O/c11-3-5-13-10(15)9-6-8-7(14-9)2-1-4-12-8/h1-2,4,6,14H,3,5H2,(H,13,15). The molecule has 0 aliphatic rings. The highest BCUT2D eigenvalue weighted by Gasteiger charge is 2.08. The third kappa shape index (κ3) is 2.10. The minimum atomic E-state index is -0.159. The molecule has 0 aliphatic carbocycles. The van der Waals surface area contributed by atoms with Crippen molar-refractivity contribution in [3.05, 3.63) is 30.1 Å². The molecule has 78 valence electrons. The van der Waals surface area contributed by atoms with Gasteiger partial charge in [0.25, 0.3) is 5.91 Å². The lowest BCUT2D eigenvalue weighted by Gasteiger charge is -1.98. The molecule has 0 saturated carbocycles. The molecule has 0 unspecified atom stereocenters. The highest BCUT2D eigenvalue weighted by Crippen LogP contribution is 2.11. The fourth-order valence-corrected chi connectivity index (χ4v) is 1.43. The normalized spacial score (nSPS) is 10.5. The van der Waals surface area contributed by atoms with E-state index in [9.17, 15) is 4.79 Å². The van der Waals surface area contributed by atoms with Gasteiger partial charge in [-0.15, -0.1) is 11.6 Å². The van der Waals surface area contributed by atoms with Gasteiger partial charge < -0.3 is 10.3 Å². The van der Waals surface area contributed by atoms with Gasteiger partial charge in [-0.25, -0.2) is 0 Å². The topological polar surface area (TPSA) is 57.8 Å². The van der Waals surface area contributed by atoms with Gasteiger partial charge in [-0.05, 0) is 18.2 Å². The van der Waals surface area contributed by atoms with Gasteiger partial charge in [-0.3, -0.25) is 9.78 Å². The number of nitrogens with one attached hydrogen (secondary N) is 2. The Morgan fingerprint density at radius 3 is 3.20 bits per heavy atom. The molecule has 0 bridgehead atoms. The zero-order valence-corrected chi connectivity index (χ0v) is 8.71. The molecule has 2 heterocycles. The molecule has 0 saturated heterocycles. The average Bonchev–Trinajstić information content (AvgIpc) is 2.69. The second kappa shape index (κ2) is 4.31. The Balaban J connectivity index is 2.25. The predicted molar refractivity (Wildman–Crippen MR) is 59.1 cm³/mol. The average molecular weight is 224 g/mol. The van der Waals surface area contributed by atoms with Crippen LogP contribution in [0.1, 0.15) is 10.5 Å². The largest absolute Gasteiger partial charge is 0.350 e. The van der Waals surface area contributed by atoms with E-state index >= 15 is 0 Å². The van der Waals surface area contributed by atoms with Gasteiger partial charge in [0.1, 0.15) is 5.69 Å². The highest BCUT2D eigenvalue weighted by molar-refractivity contribution is 6.18. The lowest BCUT2D eigenvalue weighted by atomic mass is 10.3. The third-order valence-corrected chi connectivity index (χ3v) is 2.20. The molecule has 2 aromatic heterocycles. The summed E-state index contributed by atoms with van der Waals surface area (Å²) in [5, 5.41) is 2.68. The van der Waals surface area contributed by atoms with E-state index in [0.717, 1.165) is 11.0 Å². The summed E-state index contributed by atoms with van der Waals surface area (Å²) in [6.45, 7) is 0.461. The van der Waals surface area contributed by atoms with E-state index in [1.807, 2.05) is 12.1 Å². The van der Waals surface area contributed by atoms with Crippen molar-refractivity contribution in [1.29, 1.82) is 0 Å². The van der Waals surface area contributed by atoms with Crippen LogP contribution in [0.15, 0.2) is 24.4 Å². The van der Waals surface area contributed by atoms with Crippen LogP contribution >= 0.6 is 11.6 Å². The van der Waals surface area contributed by atoms with Crippen LogP contribution in [-0.2, 0) is 0 Å². The van der Waals surface area contributed by atoms with Gasteiger partial charge in [0.2, 0.25) is 0 Å². The number of aromatic amines is 1. The Morgan fingerprint density at radius 2 is 2.47 bits per heavy atom. The van der Waals surface area contributed by atoms with Gasteiger partial charge in [-0.1, -0.05) is 0 Å². The molecule has 2 rings (SSSR count). The van der Waals surface area contributed by atoms with Gasteiger partial charge in [0.05, 0.1) is 11.0 Å². The number of rotatable bonds is 3. The summed E-state index contributed by atoms with van der Waals surface area (Å²) < 4.78 is 0. The van der Waals surface area contributed by atoms with E-state index in [2.05, 4.69) is 15.3 Å². The second-order valence-electron chi connectivity index (χ2n) is 3.06. The lowest BCUT2D eigenvalue weighted by Crippen LogP contribution is -2.25. The maximum absolute atomic E-state index is 11.5. The number of halogens is 1. The zero-order chi connectivity index (χ0) is 10.7. The van der Waals surface area contributed by atoms with Gasteiger partial charge in [0, 0.05) is 18.6 Å². The fourth-order valence-electron chi connectivity index (χ4n) is 1.33. The van der Waals surface area contributed by atoms with Crippen LogP contribution in [0.4, 0.5) is 0 Å². The Morgan fingerprint density at radius 1 is 1.60 bits per heavy atom. The summed E-state index contributed by atoms with van der Waals surface area (Å²) >= 11 is 5.47. The summed E-state index contributed by atoms with van der Waals surface area (Å²) in [4.78, 5) is 18.7. The second-order valence-corrected chi connectivity index (χ2v) is 3.44. The summed E-state index contributed by atoms with van der Waals surface area (Å²) in [6.07, 6.45) is 1.69. The van der Waals surface area contributed by atoms with Gasteiger partial charge in [0.15, 0.2) is 0 Å². The number of amides is 1. The van der Waals surface area contributed by atoms with Crippen molar-refractivity contribution in [1.82, 2.24) is 15.3 Å². The van der Waals surface area contributed by atoms with E-state index < -0.39 is 0 Å². The Hall–Kier alpha value is -1.55. The Bertz CT molecular complexity index is 447.